The summed E-state index contributed by atoms with van der Waals surface area (Å²) in [4.78, 5) is 40.0. The van der Waals surface area contributed by atoms with Crippen molar-refractivity contribution in [2.75, 3.05) is 17.7 Å². The number of thiophene rings is 1. The highest BCUT2D eigenvalue weighted by Gasteiger charge is 2.27. The number of fused-ring (bicyclic) bond motifs is 1. The molecular formula is C18H19N3O5S2. The summed E-state index contributed by atoms with van der Waals surface area (Å²) in [5.74, 6) is -0.591. The lowest BCUT2D eigenvalue weighted by Gasteiger charge is -2.12. The first kappa shape index (κ1) is 20.3. The van der Waals surface area contributed by atoms with Gasteiger partial charge in [-0.2, -0.15) is 0 Å². The fourth-order valence-corrected chi connectivity index (χ4v) is 4.88. The van der Waals surface area contributed by atoms with Crippen LogP contribution in [-0.4, -0.2) is 34.1 Å². The van der Waals surface area contributed by atoms with E-state index < -0.39 is 10.9 Å². The van der Waals surface area contributed by atoms with E-state index in [0.717, 1.165) is 42.3 Å². The summed E-state index contributed by atoms with van der Waals surface area (Å²) in [6.45, 7) is 2.03. The minimum atomic E-state index is -0.524. The van der Waals surface area contributed by atoms with Crippen LogP contribution in [0.3, 0.4) is 0 Å². The number of nitrogens with one attached hydrogen (secondary N) is 1. The van der Waals surface area contributed by atoms with Gasteiger partial charge in [-0.05, 0) is 44.2 Å². The van der Waals surface area contributed by atoms with Crippen molar-refractivity contribution in [3.63, 3.8) is 0 Å². The van der Waals surface area contributed by atoms with Crippen LogP contribution in [0.1, 0.15) is 40.6 Å². The van der Waals surface area contributed by atoms with E-state index in [1.165, 1.54) is 35.2 Å². The molecule has 0 radical (unpaired) electrons. The molecule has 0 fully saturated rings. The Morgan fingerprint density at radius 3 is 2.82 bits per heavy atom. The van der Waals surface area contributed by atoms with Crippen LogP contribution in [0.2, 0.25) is 0 Å². The van der Waals surface area contributed by atoms with Crippen LogP contribution in [0.25, 0.3) is 0 Å². The third kappa shape index (κ3) is 4.68. The Balaban J connectivity index is 1.68. The number of hydrogen-bond donors (Lipinski definition) is 1. The quantitative estimate of drug-likeness (QED) is 0.313. The van der Waals surface area contributed by atoms with E-state index in [-0.39, 0.29) is 24.0 Å². The number of aryl methyl sites for hydroxylation is 1. The predicted octanol–water partition coefficient (Wildman–Crippen LogP) is 3.84. The smallest absolute Gasteiger partial charge is 0.341 e. The number of hydrogen-bond acceptors (Lipinski definition) is 8. The van der Waals surface area contributed by atoms with Gasteiger partial charge in [-0.1, -0.05) is 11.8 Å². The molecule has 1 aliphatic rings. The van der Waals surface area contributed by atoms with Crippen molar-refractivity contribution in [3.8, 4) is 0 Å². The normalized spacial score (nSPS) is 12.9. The Morgan fingerprint density at radius 1 is 1.36 bits per heavy atom. The van der Waals surface area contributed by atoms with Crippen molar-refractivity contribution in [1.82, 2.24) is 4.98 Å². The number of carbonyl (C=O) groups excluding carboxylic acids is 2. The second-order valence-electron chi connectivity index (χ2n) is 6.08. The molecule has 1 amide bonds. The molecule has 0 atom stereocenters. The minimum Gasteiger partial charge on any atom is -0.462 e. The molecule has 2 aromatic rings. The molecule has 0 aromatic carbocycles. The molecule has 0 spiro atoms. The second kappa shape index (κ2) is 9.16. The molecule has 0 saturated heterocycles. The van der Waals surface area contributed by atoms with E-state index in [1.807, 2.05) is 0 Å². The number of pyridine rings is 1. The Bertz CT molecular complexity index is 895. The molecule has 10 heteroatoms. The third-order valence-electron chi connectivity index (χ3n) is 4.19. The standard InChI is InChI=1S/C18H19N3O5S2/c1-2-26-18(23)16-12-5-3-4-6-13(12)28-17(16)20-14(22)10-27-15-8-7-11(9-19-15)21(24)25/h7-9H,2-6,10H2,1H3,(H,20,22). The molecule has 3 rings (SSSR count). The maximum absolute atomic E-state index is 12.4. The SMILES string of the molecule is CCOC(=O)c1c(NC(=O)CSc2ccc([N+](=O)[O-])cn2)sc2c1CCCC2. The fourth-order valence-electron chi connectivity index (χ4n) is 2.94. The number of amides is 1. The van der Waals surface area contributed by atoms with E-state index in [9.17, 15) is 19.7 Å². The molecule has 1 N–H and O–H groups in total. The van der Waals surface area contributed by atoms with Crippen LogP contribution in [0.15, 0.2) is 23.4 Å². The van der Waals surface area contributed by atoms with Crippen LogP contribution in [-0.2, 0) is 22.4 Å². The average Bonchev–Trinajstić information content (AvgIpc) is 3.04. The molecule has 0 unspecified atom stereocenters. The molecule has 0 saturated carbocycles. The van der Waals surface area contributed by atoms with Crippen LogP contribution in [0, 0.1) is 10.1 Å². The van der Waals surface area contributed by atoms with Gasteiger partial charge in [0.1, 0.15) is 11.2 Å². The van der Waals surface area contributed by atoms with Gasteiger partial charge >= 0.3 is 5.97 Å². The van der Waals surface area contributed by atoms with E-state index in [1.54, 1.807) is 6.92 Å². The molecule has 1 aliphatic carbocycles. The second-order valence-corrected chi connectivity index (χ2v) is 8.18. The first-order valence-corrected chi connectivity index (χ1v) is 10.6. The number of aromatic nitrogens is 1. The number of nitrogens with zero attached hydrogens (tertiary/aromatic N) is 2. The number of esters is 1. The van der Waals surface area contributed by atoms with Gasteiger partial charge in [-0.15, -0.1) is 11.3 Å². The first-order chi connectivity index (χ1) is 13.5. The number of carbonyl (C=O) groups is 2. The van der Waals surface area contributed by atoms with Crippen molar-refractivity contribution in [3.05, 3.63) is 44.4 Å². The molecule has 28 heavy (non-hydrogen) atoms. The lowest BCUT2D eigenvalue weighted by atomic mass is 9.95. The largest absolute Gasteiger partial charge is 0.462 e. The van der Waals surface area contributed by atoms with Crippen molar-refractivity contribution in [2.24, 2.45) is 0 Å². The molecule has 0 bridgehead atoms. The lowest BCUT2D eigenvalue weighted by Crippen LogP contribution is -2.17. The third-order valence-corrected chi connectivity index (χ3v) is 6.34. The fraction of sp³-hybridized carbons (Fsp3) is 0.389. The van der Waals surface area contributed by atoms with Gasteiger partial charge in [0.15, 0.2) is 0 Å². The summed E-state index contributed by atoms with van der Waals surface area (Å²) in [5.41, 5.74) is 1.38. The first-order valence-electron chi connectivity index (χ1n) is 8.84. The topological polar surface area (TPSA) is 111 Å². The van der Waals surface area contributed by atoms with E-state index in [0.29, 0.717) is 15.6 Å². The molecule has 8 nitrogen and oxygen atoms in total. The zero-order chi connectivity index (χ0) is 20.1. The summed E-state index contributed by atoms with van der Waals surface area (Å²) >= 11 is 2.61. The zero-order valence-electron chi connectivity index (χ0n) is 15.2. The van der Waals surface area contributed by atoms with E-state index >= 15 is 0 Å². The van der Waals surface area contributed by atoms with Crippen molar-refractivity contribution in [2.45, 2.75) is 37.6 Å². The Hall–Kier alpha value is -2.46. The number of anilines is 1. The number of nitro groups is 1. The van der Waals surface area contributed by atoms with E-state index in [2.05, 4.69) is 10.3 Å². The maximum Gasteiger partial charge on any atom is 0.341 e. The van der Waals surface area contributed by atoms with Crippen LogP contribution in [0.5, 0.6) is 0 Å². The highest BCUT2D eigenvalue weighted by atomic mass is 32.2. The van der Waals surface area contributed by atoms with Gasteiger partial charge in [0.2, 0.25) is 5.91 Å². The van der Waals surface area contributed by atoms with Gasteiger partial charge in [-0.3, -0.25) is 14.9 Å². The van der Waals surface area contributed by atoms with Gasteiger partial charge in [0, 0.05) is 10.9 Å². The summed E-state index contributed by atoms with van der Waals surface area (Å²) in [6.07, 6.45) is 4.98. The number of ether oxygens (including phenoxy) is 1. The Kier molecular flexibility index (Phi) is 6.63. The Labute approximate surface area is 169 Å². The maximum atomic E-state index is 12.4. The number of rotatable bonds is 7. The monoisotopic (exact) mass is 421 g/mol. The summed E-state index contributed by atoms with van der Waals surface area (Å²) in [7, 11) is 0. The molecular weight excluding hydrogens is 402 g/mol. The predicted molar refractivity (Wildman–Crippen MR) is 107 cm³/mol. The minimum absolute atomic E-state index is 0.0790. The summed E-state index contributed by atoms with van der Waals surface area (Å²) in [6, 6.07) is 2.85. The summed E-state index contributed by atoms with van der Waals surface area (Å²) in [5, 5.41) is 14.5. The van der Waals surface area contributed by atoms with Crippen LogP contribution >= 0.6 is 23.1 Å². The van der Waals surface area contributed by atoms with Crippen molar-refractivity contribution in [1.29, 1.82) is 0 Å². The van der Waals surface area contributed by atoms with Gasteiger partial charge in [-0.25, -0.2) is 9.78 Å². The molecule has 148 valence electrons. The number of thioether (sulfide) groups is 1. The van der Waals surface area contributed by atoms with Crippen LogP contribution < -0.4 is 5.32 Å². The highest BCUT2D eigenvalue weighted by Crippen LogP contribution is 2.38. The van der Waals surface area contributed by atoms with Crippen molar-refractivity contribution >= 4 is 45.7 Å². The van der Waals surface area contributed by atoms with Crippen molar-refractivity contribution < 1.29 is 19.2 Å². The van der Waals surface area contributed by atoms with Crippen LogP contribution in [0.4, 0.5) is 10.7 Å². The lowest BCUT2D eigenvalue weighted by molar-refractivity contribution is -0.385. The summed E-state index contributed by atoms with van der Waals surface area (Å²) < 4.78 is 5.18. The zero-order valence-corrected chi connectivity index (χ0v) is 16.9. The average molecular weight is 422 g/mol. The molecule has 2 heterocycles. The molecule has 2 aromatic heterocycles. The Morgan fingerprint density at radius 2 is 2.14 bits per heavy atom. The van der Waals surface area contributed by atoms with E-state index in [4.69, 9.17) is 4.74 Å². The van der Waals surface area contributed by atoms with Gasteiger partial charge < -0.3 is 10.1 Å². The highest BCUT2D eigenvalue weighted by molar-refractivity contribution is 7.99. The van der Waals surface area contributed by atoms with Gasteiger partial charge in [0.05, 0.1) is 27.9 Å². The molecule has 0 aliphatic heterocycles. The van der Waals surface area contributed by atoms with Gasteiger partial charge in [0.25, 0.3) is 5.69 Å².